The molecule has 0 fully saturated rings. The topological polar surface area (TPSA) is 108 Å². The molecule has 1 amide bonds. The van der Waals surface area contributed by atoms with Gasteiger partial charge in [0.2, 0.25) is 0 Å². The lowest BCUT2D eigenvalue weighted by Gasteiger charge is -1.89. The molecule has 0 rings (SSSR count). The number of nitriles is 1. The number of carbonyl (C=O) groups is 2. The summed E-state index contributed by atoms with van der Waals surface area (Å²) in [5, 5.41) is 10.2. The molecule has 12 heavy (non-hydrogen) atoms. The van der Waals surface area contributed by atoms with Crippen LogP contribution in [0.5, 0.6) is 0 Å². The summed E-state index contributed by atoms with van der Waals surface area (Å²) in [5.74, 6) is -1.39. The summed E-state index contributed by atoms with van der Waals surface area (Å²) in [6.07, 6.45) is 0. The summed E-state index contributed by atoms with van der Waals surface area (Å²) >= 11 is 0. The molecule has 0 saturated carbocycles. The Morgan fingerprint density at radius 3 is 2.58 bits per heavy atom. The molecule has 0 aliphatic heterocycles. The normalized spacial score (nSPS) is 7.67. The van der Waals surface area contributed by atoms with Crippen LogP contribution in [0.2, 0.25) is 0 Å². The molecule has 0 aliphatic rings. The van der Waals surface area contributed by atoms with Crippen molar-refractivity contribution in [3.8, 4) is 6.07 Å². The molecular weight excluding hydrogens is 160 g/mol. The molecule has 0 aromatic carbocycles. The fourth-order valence-corrected chi connectivity index (χ4v) is 0.493. The van der Waals surface area contributed by atoms with Gasteiger partial charge in [-0.1, -0.05) is 0 Å². The van der Waals surface area contributed by atoms with Crippen LogP contribution in [0.15, 0.2) is 0 Å². The van der Waals surface area contributed by atoms with Crippen molar-refractivity contribution in [2.45, 2.75) is 6.92 Å². The van der Waals surface area contributed by atoms with Crippen molar-refractivity contribution in [2.75, 3.05) is 6.54 Å². The highest BCUT2D eigenvalue weighted by Gasteiger charge is 2.27. The molecule has 0 atom stereocenters. The van der Waals surface area contributed by atoms with Gasteiger partial charge in [0.05, 0.1) is 16.4 Å². The first kappa shape index (κ1) is 10.0. The van der Waals surface area contributed by atoms with Gasteiger partial charge in [0, 0.05) is 6.92 Å². The number of rotatable bonds is 3. The van der Waals surface area contributed by atoms with Crippen LogP contribution in [0.4, 0.5) is 0 Å². The van der Waals surface area contributed by atoms with E-state index in [4.69, 9.17) is 10.8 Å². The van der Waals surface area contributed by atoms with E-state index >= 15 is 0 Å². The molecule has 6 heteroatoms. The Kier molecular flexibility index (Phi) is 3.98. The van der Waals surface area contributed by atoms with E-state index in [1.807, 2.05) is 0 Å². The third-order valence-electron chi connectivity index (χ3n) is 0.988. The lowest BCUT2D eigenvalue weighted by molar-refractivity contribution is -0.144. The summed E-state index contributed by atoms with van der Waals surface area (Å²) in [6.45, 7) is 0.921. The first-order valence-corrected chi connectivity index (χ1v) is 3.04. The van der Waals surface area contributed by atoms with E-state index in [0.29, 0.717) is 0 Å². The number of carbonyl (C=O) groups excluding carboxylic acids is 2. The zero-order valence-corrected chi connectivity index (χ0v) is 6.42. The van der Waals surface area contributed by atoms with Crippen LogP contribution in [0, 0.1) is 16.9 Å². The number of nitrogens with one attached hydrogen (secondary N) is 2. The van der Waals surface area contributed by atoms with E-state index in [2.05, 4.69) is 10.1 Å². The van der Waals surface area contributed by atoms with Gasteiger partial charge >= 0.3 is 11.6 Å². The third-order valence-corrected chi connectivity index (χ3v) is 0.988. The largest absolute Gasteiger partial charge is 0.470 e. The highest BCUT2D eigenvalue weighted by Crippen LogP contribution is 1.75. The molecule has 2 N–H and O–H groups in total. The Hall–Kier alpha value is -1.99. The maximum atomic E-state index is 10.8. The number of amides is 1. The van der Waals surface area contributed by atoms with Gasteiger partial charge in [0.15, 0.2) is 0 Å². The van der Waals surface area contributed by atoms with E-state index < -0.39 is 17.4 Å². The maximum absolute atomic E-state index is 10.8. The third kappa shape index (κ3) is 2.73. The van der Waals surface area contributed by atoms with Crippen LogP contribution in [0.25, 0.3) is 0 Å². The minimum atomic E-state index is -0.793. The minimum Gasteiger partial charge on any atom is -0.332 e. The van der Waals surface area contributed by atoms with Crippen molar-refractivity contribution in [1.82, 2.24) is 5.32 Å². The Balaban J connectivity index is 4.38. The van der Waals surface area contributed by atoms with Crippen LogP contribution in [-0.2, 0) is 9.59 Å². The van der Waals surface area contributed by atoms with Gasteiger partial charge in [0.25, 0.3) is 5.78 Å². The zero-order valence-electron chi connectivity index (χ0n) is 6.42. The van der Waals surface area contributed by atoms with Crippen LogP contribution >= 0.6 is 0 Å². The van der Waals surface area contributed by atoms with Gasteiger partial charge in [-0.3, -0.25) is 9.59 Å². The van der Waals surface area contributed by atoms with Gasteiger partial charge in [-0.2, -0.15) is 5.26 Å². The van der Waals surface area contributed by atoms with Crippen LogP contribution < -0.4 is 5.32 Å². The molecule has 0 radical (unpaired) electrons. The first-order chi connectivity index (χ1) is 5.63. The molecule has 0 aromatic heterocycles. The van der Waals surface area contributed by atoms with E-state index in [0.717, 1.165) is 6.92 Å². The predicted octanol–water partition coefficient (Wildman–Crippen LogP) is -1.10. The molecule has 0 saturated heterocycles. The SMILES string of the molecule is CC(=O)C(=[N+]=N)C(=O)NCC#N. The fourth-order valence-electron chi connectivity index (χ4n) is 0.493. The second-order valence-corrected chi connectivity index (χ2v) is 1.86. The molecule has 0 aliphatic carbocycles. The second kappa shape index (κ2) is 4.77. The zero-order chi connectivity index (χ0) is 9.56. The molecular formula is C6H7N4O2+. The molecule has 0 unspecified atom stereocenters. The van der Waals surface area contributed by atoms with E-state index in [1.54, 1.807) is 6.07 Å². The second-order valence-electron chi connectivity index (χ2n) is 1.86. The molecule has 0 bridgehead atoms. The summed E-state index contributed by atoms with van der Waals surface area (Å²) in [4.78, 5) is 24.2. The molecule has 6 nitrogen and oxygen atoms in total. The average molecular weight is 167 g/mol. The molecule has 0 heterocycles. The smallest absolute Gasteiger partial charge is 0.332 e. The lowest BCUT2D eigenvalue weighted by Crippen LogP contribution is -2.35. The quantitative estimate of drug-likeness (QED) is 0.183. The summed E-state index contributed by atoms with van der Waals surface area (Å²) in [7, 11) is 0. The van der Waals surface area contributed by atoms with Crippen LogP contribution in [-0.4, -0.2) is 28.7 Å². The average Bonchev–Trinajstić information content (AvgIpc) is 2.01. The molecule has 0 spiro atoms. The number of hydrogen-bond donors (Lipinski definition) is 2. The van der Waals surface area contributed by atoms with Crippen molar-refractivity contribution >= 4 is 17.4 Å². The van der Waals surface area contributed by atoms with Crippen molar-refractivity contribution in [3.05, 3.63) is 0 Å². The fraction of sp³-hybridized carbons (Fsp3) is 0.333. The molecule has 0 aromatic rings. The highest BCUT2D eigenvalue weighted by atomic mass is 16.2. The lowest BCUT2D eigenvalue weighted by atomic mass is 10.2. The number of hydrogen-bond acceptors (Lipinski definition) is 4. The Morgan fingerprint density at radius 2 is 2.25 bits per heavy atom. The van der Waals surface area contributed by atoms with E-state index in [9.17, 15) is 9.59 Å². The minimum absolute atomic E-state index is 0.203. The van der Waals surface area contributed by atoms with Crippen molar-refractivity contribution in [3.63, 3.8) is 0 Å². The standard InChI is InChI=1S/C6H6N4O2/c1-4(11)5(10-8)6(12)9-3-2-7/h8H,3H2,1H3/p+1. The van der Waals surface area contributed by atoms with Crippen molar-refractivity contribution < 1.29 is 14.4 Å². The maximum Gasteiger partial charge on any atom is 0.470 e. The van der Waals surface area contributed by atoms with E-state index in [-0.39, 0.29) is 6.54 Å². The van der Waals surface area contributed by atoms with Crippen molar-refractivity contribution in [1.29, 1.82) is 10.8 Å². The monoisotopic (exact) mass is 167 g/mol. The number of Topliss-reactive ketones (excluding diaryl/α,β-unsaturated/α-hetero) is 1. The molecule has 62 valence electrons. The Bertz CT molecular complexity index is 295. The van der Waals surface area contributed by atoms with Gasteiger partial charge < -0.3 is 5.32 Å². The Morgan fingerprint density at radius 1 is 1.67 bits per heavy atom. The van der Waals surface area contributed by atoms with Gasteiger partial charge in [-0.15, -0.1) is 0 Å². The van der Waals surface area contributed by atoms with Crippen LogP contribution in [0.3, 0.4) is 0 Å². The Labute approximate surface area is 68.4 Å². The summed E-state index contributed by atoms with van der Waals surface area (Å²) in [6, 6.07) is 1.66. The van der Waals surface area contributed by atoms with Gasteiger partial charge in [0.1, 0.15) is 6.54 Å². The van der Waals surface area contributed by atoms with Gasteiger partial charge in [-0.05, 0) is 0 Å². The first-order valence-electron chi connectivity index (χ1n) is 3.04. The van der Waals surface area contributed by atoms with Gasteiger partial charge in [-0.25, -0.2) is 0 Å². The van der Waals surface area contributed by atoms with E-state index in [1.165, 1.54) is 0 Å². The number of ketones is 1. The van der Waals surface area contributed by atoms with Crippen LogP contribution in [0.1, 0.15) is 6.92 Å². The highest BCUT2D eigenvalue weighted by molar-refractivity contribution is 6.63. The summed E-state index contributed by atoms with van der Waals surface area (Å²) in [5.41, 5.74) is 5.98. The summed E-state index contributed by atoms with van der Waals surface area (Å²) < 4.78 is 0. The van der Waals surface area contributed by atoms with Crippen molar-refractivity contribution in [2.24, 2.45) is 0 Å². The number of nitrogens with zero attached hydrogens (tertiary/aromatic N) is 2. The predicted molar refractivity (Wildman–Crippen MR) is 37.3 cm³/mol.